The number of rotatable bonds is 5. The van der Waals surface area contributed by atoms with Crippen molar-refractivity contribution in [1.82, 2.24) is 19.9 Å². The van der Waals surface area contributed by atoms with Crippen LogP contribution in [0.25, 0.3) is 11.3 Å². The van der Waals surface area contributed by atoms with Gasteiger partial charge in [0.2, 0.25) is 5.95 Å². The number of hydrogen-bond acceptors (Lipinski definition) is 5. The molecule has 1 N–H and O–H groups in total. The summed E-state index contributed by atoms with van der Waals surface area (Å²) < 4.78 is 13.1. The van der Waals surface area contributed by atoms with Crippen LogP contribution >= 0.6 is 0 Å². The van der Waals surface area contributed by atoms with Gasteiger partial charge in [-0.3, -0.25) is 9.78 Å². The van der Waals surface area contributed by atoms with Gasteiger partial charge in [-0.25, -0.2) is 14.4 Å². The van der Waals surface area contributed by atoms with E-state index in [1.165, 1.54) is 0 Å². The fourth-order valence-corrected chi connectivity index (χ4v) is 4.15. The molecule has 3 heterocycles. The summed E-state index contributed by atoms with van der Waals surface area (Å²) in [5.41, 5.74) is 3.31. The molecule has 0 spiro atoms. The van der Waals surface area contributed by atoms with Gasteiger partial charge in [0.15, 0.2) is 5.82 Å². The van der Waals surface area contributed by atoms with Crippen molar-refractivity contribution in [2.45, 2.75) is 32.7 Å². The Hall–Kier alpha value is -3.35. The van der Waals surface area contributed by atoms with Gasteiger partial charge < -0.3 is 10.2 Å². The first-order valence-electron chi connectivity index (χ1n) is 10.6. The molecule has 160 valence electrons. The number of likely N-dealkylation sites (tertiary alicyclic amines) is 1. The molecule has 4 rings (SSSR count). The van der Waals surface area contributed by atoms with Gasteiger partial charge in [-0.05, 0) is 43.9 Å². The predicted molar refractivity (Wildman–Crippen MR) is 118 cm³/mol. The third-order valence-corrected chi connectivity index (χ3v) is 5.81. The van der Waals surface area contributed by atoms with Crippen LogP contribution in [-0.2, 0) is 0 Å². The Morgan fingerprint density at radius 2 is 2.00 bits per heavy atom. The summed E-state index contributed by atoms with van der Waals surface area (Å²) in [6.45, 7) is 5.34. The second-order valence-corrected chi connectivity index (χ2v) is 8.06. The zero-order chi connectivity index (χ0) is 21.8. The lowest BCUT2D eigenvalue weighted by Crippen LogP contribution is -2.51. The summed E-state index contributed by atoms with van der Waals surface area (Å²) in [6.07, 6.45) is 6.01. The van der Waals surface area contributed by atoms with Gasteiger partial charge in [0.25, 0.3) is 5.91 Å². The van der Waals surface area contributed by atoms with Gasteiger partial charge in [-0.2, -0.15) is 0 Å². The van der Waals surface area contributed by atoms with Crippen molar-refractivity contribution in [3.05, 3.63) is 71.9 Å². The minimum Gasteiger partial charge on any atom is -0.352 e. The molecule has 2 aromatic heterocycles. The van der Waals surface area contributed by atoms with Gasteiger partial charge in [0.05, 0.1) is 24.1 Å². The molecule has 1 saturated heterocycles. The molecule has 1 amide bonds. The highest BCUT2D eigenvalue weighted by atomic mass is 19.1. The highest BCUT2D eigenvalue weighted by molar-refractivity contribution is 6.01. The number of nitrogens with one attached hydrogen (secondary N) is 1. The lowest BCUT2D eigenvalue weighted by Gasteiger charge is -2.40. The van der Waals surface area contributed by atoms with Gasteiger partial charge >= 0.3 is 0 Å². The Bertz CT molecular complexity index is 1040. The van der Waals surface area contributed by atoms with Gasteiger partial charge in [-0.15, -0.1) is 0 Å². The highest BCUT2D eigenvalue weighted by Crippen LogP contribution is 2.29. The van der Waals surface area contributed by atoms with Crippen LogP contribution in [0.2, 0.25) is 0 Å². The molecule has 0 radical (unpaired) electrons. The van der Waals surface area contributed by atoms with E-state index in [9.17, 15) is 9.18 Å². The summed E-state index contributed by atoms with van der Waals surface area (Å²) in [6, 6.07) is 11.6. The number of piperidine rings is 1. The molecular weight excluding hydrogens is 393 g/mol. The van der Waals surface area contributed by atoms with E-state index in [-0.39, 0.29) is 11.9 Å². The average molecular weight is 420 g/mol. The number of pyridine rings is 1. The molecule has 1 aromatic carbocycles. The molecule has 1 unspecified atom stereocenters. The molecular formula is C24H26FN5O. The van der Waals surface area contributed by atoms with Crippen LogP contribution in [0.4, 0.5) is 10.3 Å². The van der Waals surface area contributed by atoms with Gasteiger partial charge in [0, 0.05) is 30.4 Å². The minimum absolute atomic E-state index is 0.00253. The van der Waals surface area contributed by atoms with Crippen molar-refractivity contribution < 1.29 is 9.18 Å². The molecule has 31 heavy (non-hydrogen) atoms. The number of amides is 1. The van der Waals surface area contributed by atoms with Crippen LogP contribution in [-0.4, -0.2) is 44.9 Å². The number of aryl methyl sites for hydroxylation is 1. The van der Waals surface area contributed by atoms with Crippen LogP contribution in [0.3, 0.4) is 0 Å². The number of hydrogen-bond donors (Lipinski definition) is 1. The van der Waals surface area contributed by atoms with E-state index in [1.54, 1.807) is 6.20 Å². The second kappa shape index (κ2) is 9.20. The monoisotopic (exact) mass is 419 g/mol. The predicted octanol–water partition coefficient (Wildman–Crippen LogP) is 4.34. The standard InChI is InChI=1S/C24H26FN5O/c1-16-8-9-19(21-7-3-4-10-26-21)20(12-16)23(31)30-11-5-6-17(2)22(30)15-29-24-27-13-18(25)14-28-24/h3-4,7-10,12-14,17,22H,5-6,11,15H2,1-2H3,(H,27,28,29)/t17-,22?/m1/s1. The van der Waals surface area contributed by atoms with E-state index in [1.807, 2.05) is 48.2 Å². The van der Waals surface area contributed by atoms with Crippen molar-refractivity contribution >= 4 is 11.9 Å². The summed E-state index contributed by atoms with van der Waals surface area (Å²) in [5.74, 6) is 0.197. The Morgan fingerprint density at radius 3 is 2.74 bits per heavy atom. The van der Waals surface area contributed by atoms with Crippen LogP contribution in [0.1, 0.15) is 35.7 Å². The van der Waals surface area contributed by atoms with Crippen LogP contribution in [0, 0.1) is 18.7 Å². The summed E-state index contributed by atoms with van der Waals surface area (Å²) in [5, 5.41) is 3.17. The molecule has 1 aliphatic heterocycles. The number of carbonyl (C=O) groups excluding carboxylic acids is 1. The molecule has 3 aromatic rings. The normalized spacial score (nSPS) is 18.6. The zero-order valence-corrected chi connectivity index (χ0v) is 17.8. The van der Waals surface area contributed by atoms with Gasteiger partial charge in [0.1, 0.15) is 0 Å². The van der Waals surface area contributed by atoms with Gasteiger partial charge in [-0.1, -0.05) is 30.7 Å². The minimum atomic E-state index is -0.477. The summed E-state index contributed by atoms with van der Waals surface area (Å²) in [4.78, 5) is 28.1. The Balaban J connectivity index is 1.61. The Labute approximate surface area is 181 Å². The smallest absolute Gasteiger partial charge is 0.254 e. The molecule has 1 fully saturated rings. The maximum atomic E-state index is 13.7. The number of anilines is 1. The summed E-state index contributed by atoms with van der Waals surface area (Å²) in [7, 11) is 0. The number of aromatic nitrogens is 3. The molecule has 0 saturated carbocycles. The number of carbonyl (C=O) groups is 1. The van der Waals surface area contributed by atoms with E-state index in [2.05, 4.69) is 27.2 Å². The largest absolute Gasteiger partial charge is 0.352 e. The van der Waals surface area contributed by atoms with Crippen molar-refractivity contribution in [2.24, 2.45) is 5.92 Å². The Kier molecular flexibility index (Phi) is 6.21. The molecule has 1 aliphatic rings. The first kappa shape index (κ1) is 20.9. The quantitative estimate of drug-likeness (QED) is 0.666. The van der Waals surface area contributed by atoms with E-state index < -0.39 is 5.82 Å². The maximum absolute atomic E-state index is 13.7. The van der Waals surface area contributed by atoms with Crippen molar-refractivity contribution in [2.75, 3.05) is 18.4 Å². The molecule has 7 heteroatoms. The summed E-state index contributed by atoms with van der Waals surface area (Å²) >= 11 is 0. The van der Waals surface area contributed by atoms with Crippen LogP contribution < -0.4 is 5.32 Å². The second-order valence-electron chi connectivity index (χ2n) is 8.06. The SMILES string of the molecule is Cc1ccc(-c2ccccn2)c(C(=O)N2CCC[C@@H](C)C2CNc2ncc(F)cn2)c1. The third kappa shape index (κ3) is 4.71. The number of nitrogens with zero attached hydrogens (tertiary/aromatic N) is 4. The number of halogens is 1. The fraction of sp³-hybridized carbons (Fsp3) is 0.333. The van der Waals surface area contributed by atoms with Crippen molar-refractivity contribution in [3.63, 3.8) is 0 Å². The third-order valence-electron chi connectivity index (χ3n) is 5.81. The molecule has 0 aliphatic carbocycles. The lowest BCUT2D eigenvalue weighted by molar-refractivity contribution is 0.0540. The van der Waals surface area contributed by atoms with E-state index in [0.29, 0.717) is 30.5 Å². The highest BCUT2D eigenvalue weighted by Gasteiger charge is 2.33. The van der Waals surface area contributed by atoms with Crippen molar-refractivity contribution in [3.8, 4) is 11.3 Å². The first-order chi connectivity index (χ1) is 15.0. The lowest BCUT2D eigenvalue weighted by atomic mass is 9.89. The van der Waals surface area contributed by atoms with Crippen LogP contribution in [0.5, 0.6) is 0 Å². The topological polar surface area (TPSA) is 71.0 Å². The zero-order valence-electron chi connectivity index (χ0n) is 17.8. The molecule has 6 nitrogen and oxygen atoms in total. The maximum Gasteiger partial charge on any atom is 0.254 e. The molecule has 2 atom stereocenters. The average Bonchev–Trinajstić information content (AvgIpc) is 2.79. The van der Waals surface area contributed by atoms with E-state index in [0.717, 1.165) is 42.1 Å². The number of benzene rings is 1. The van der Waals surface area contributed by atoms with E-state index in [4.69, 9.17) is 0 Å². The van der Waals surface area contributed by atoms with E-state index >= 15 is 0 Å². The first-order valence-corrected chi connectivity index (χ1v) is 10.6. The van der Waals surface area contributed by atoms with Crippen molar-refractivity contribution in [1.29, 1.82) is 0 Å². The molecule has 0 bridgehead atoms. The Morgan fingerprint density at radius 1 is 1.19 bits per heavy atom. The van der Waals surface area contributed by atoms with Crippen LogP contribution in [0.15, 0.2) is 55.0 Å². The fourth-order valence-electron chi connectivity index (χ4n) is 4.15.